The second-order valence-corrected chi connectivity index (χ2v) is 11.9. The van der Waals surface area contributed by atoms with Crippen LogP contribution in [0.1, 0.15) is 52.9 Å². The van der Waals surface area contributed by atoms with Gasteiger partial charge in [0.2, 0.25) is 0 Å². The van der Waals surface area contributed by atoms with E-state index in [9.17, 15) is 0 Å². The lowest BCUT2D eigenvalue weighted by molar-refractivity contribution is -0.00448. The molecule has 0 aromatic heterocycles. The molecule has 1 aliphatic rings. The van der Waals surface area contributed by atoms with Crippen LogP contribution < -0.4 is 0 Å². The minimum atomic E-state index is -1.80. The highest BCUT2D eigenvalue weighted by Crippen LogP contribution is 2.37. The molecule has 1 atom stereocenters. The van der Waals surface area contributed by atoms with Crippen LogP contribution in [0, 0.1) is 12.3 Å². The Morgan fingerprint density at radius 3 is 2.26 bits per heavy atom. The van der Waals surface area contributed by atoms with Crippen molar-refractivity contribution < 1.29 is 9.16 Å². The van der Waals surface area contributed by atoms with E-state index in [1.807, 2.05) is 0 Å². The molecule has 2 nitrogen and oxygen atoms in total. The fourth-order valence-corrected chi connectivity index (χ4v) is 3.30. The summed E-state index contributed by atoms with van der Waals surface area (Å²) in [5, 5.41) is 0.187. The van der Waals surface area contributed by atoms with Crippen LogP contribution in [-0.4, -0.2) is 27.1 Å². The highest BCUT2D eigenvalue weighted by molar-refractivity contribution is 6.74. The summed E-state index contributed by atoms with van der Waals surface area (Å²) in [6.45, 7) is 11.7. The Morgan fingerprint density at radius 1 is 1.21 bits per heavy atom. The van der Waals surface area contributed by atoms with Gasteiger partial charge in [0.15, 0.2) is 8.32 Å². The number of ether oxygens (including phenoxy) is 1. The van der Waals surface area contributed by atoms with E-state index < -0.39 is 8.32 Å². The third-order valence-corrected chi connectivity index (χ3v) is 8.95. The van der Waals surface area contributed by atoms with Gasteiger partial charge in [0.25, 0.3) is 0 Å². The van der Waals surface area contributed by atoms with Gasteiger partial charge in [-0.25, -0.2) is 0 Å². The molecular formula is C16H30O2Si. The summed E-state index contributed by atoms with van der Waals surface area (Å²) in [6, 6.07) is 0. The second-order valence-electron chi connectivity index (χ2n) is 7.13. The van der Waals surface area contributed by atoms with Crippen LogP contribution in [0.25, 0.3) is 0 Å². The summed E-state index contributed by atoms with van der Waals surface area (Å²) >= 11 is 0. The van der Waals surface area contributed by atoms with Gasteiger partial charge in [0.05, 0.1) is 12.7 Å². The van der Waals surface area contributed by atoms with Crippen molar-refractivity contribution in [2.75, 3.05) is 6.61 Å². The van der Waals surface area contributed by atoms with Crippen LogP contribution in [0.3, 0.4) is 0 Å². The molecule has 1 rings (SSSR count). The molecule has 0 N–H and O–H groups in total. The first-order chi connectivity index (χ1) is 8.76. The molecule has 0 unspecified atom stereocenters. The smallest absolute Gasteiger partial charge is 0.193 e. The minimum Gasteiger partial charge on any atom is -0.401 e. The third-order valence-electron chi connectivity index (χ3n) is 4.46. The van der Waals surface area contributed by atoms with Gasteiger partial charge in [-0.2, -0.15) is 0 Å². The molecule has 0 radical (unpaired) electrons. The Morgan fingerprint density at radius 2 is 1.79 bits per heavy atom. The molecular weight excluding hydrogens is 252 g/mol. The largest absolute Gasteiger partial charge is 0.401 e. The van der Waals surface area contributed by atoms with E-state index in [1.54, 1.807) is 0 Å². The molecule has 3 heteroatoms. The van der Waals surface area contributed by atoms with Crippen molar-refractivity contribution >= 4 is 8.32 Å². The molecule has 0 aromatic rings. The van der Waals surface area contributed by atoms with Gasteiger partial charge in [-0.15, -0.1) is 6.42 Å². The Kier molecular flexibility index (Phi) is 6.10. The lowest BCUT2D eigenvalue weighted by atomic mass is 9.98. The number of hydrogen-bond donors (Lipinski definition) is 0. The highest BCUT2D eigenvalue weighted by atomic mass is 28.4. The van der Waals surface area contributed by atoms with E-state index in [2.05, 4.69) is 39.8 Å². The first-order valence-corrected chi connectivity index (χ1v) is 10.4. The number of hydrogen-bond acceptors (Lipinski definition) is 2. The van der Waals surface area contributed by atoms with E-state index in [1.165, 1.54) is 32.1 Å². The maximum Gasteiger partial charge on any atom is 0.193 e. The maximum atomic E-state index is 6.22. The quantitative estimate of drug-likeness (QED) is 0.551. The van der Waals surface area contributed by atoms with Gasteiger partial charge in [-0.05, 0) is 31.0 Å². The van der Waals surface area contributed by atoms with Gasteiger partial charge in [0, 0.05) is 0 Å². The molecule has 0 aliphatic heterocycles. The summed E-state index contributed by atoms with van der Waals surface area (Å²) in [5.41, 5.74) is 0. The molecule has 0 heterocycles. The fraction of sp³-hybridized carbons (Fsp3) is 0.875. The zero-order valence-corrected chi connectivity index (χ0v) is 14.3. The highest BCUT2D eigenvalue weighted by Gasteiger charge is 2.39. The summed E-state index contributed by atoms with van der Waals surface area (Å²) in [4.78, 5) is 0. The molecule has 0 saturated heterocycles. The molecule has 0 amide bonds. The average molecular weight is 282 g/mol. The lowest BCUT2D eigenvalue weighted by Crippen LogP contribution is -2.45. The zero-order valence-electron chi connectivity index (χ0n) is 13.3. The standard InChI is InChI=1S/C16H30O2Si/c1-7-14(18-19(5,6)16(2,3)4)13-17-15-11-9-8-10-12-15/h1,14-15H,8-13H2,2-6H3/t14-/m1/s1. The molecule has 1 saturated carbocycles. The third kappa shape index (κ3) is 5.29. The molecule has 19 heavy (non-hydrogen) atoms. The maximum absolute atomic E-state index is 6.22. The Hall–Kier alpha value is -0.303. The Labute approximate surface area is 120 Å². The molecule has 1 aliphatic carbocycles. The minimum absolute atomic E-state index is 0.187. The summed E-state index contributed by atoms with van der Waals surface area (Å²) in [7, 11) is -1.80. The summed E-state index contributed by atoms with van der Waals surface area (Å²) < 4.78 is 12.2. The Balaban J connectivity index is 2.43. The van der Waals surface area contributed by atoms with Crippen LogP contribution in [0.4, 0.5) is 0 Å². The van der Waals surface area contributed by atoms with Crippen LogP contribution in [-0.2, 0) is 9.16 Å². The molecule has 0 spiro atoms. The van der Waals surface area contributed by atoms with Crippen LogP contribution in [0.2, 0.25) is 18.1 Å². The van der Waals surface area contributed by atoms with Gasteiger partial charge >= 0.3 is 0 Å². The number of rotatable bonds is 5. The van der Waals surface area contributed by atoms with E-state index in [-0.39, 0.29) is 11.1 Å². The van der Waals surface area contributed by atoms with Gasteiger partial charge in [-0.1, -0.05) is 46.0 Å². The average Bonchev–Trinajstić information content (AvgIpc) is 2.34. The molecule has 1 fully saturated rings. The predicted octanol–water partition coefficient (Wildman–Crippen LogP) is 4.36. The van der Waals surface area contributed by atoms with Gasteiger partial charge in [-0.3, -0.25) is 0 Å². The first kappa shape index (κ1) is 16.8. The predicted molar refractivity (Wildman–Crippen MR) is 83.7 cm³/mol. The van der Waals surface area contributed by atoms with Crippen LogP contribution >= 0.6 is 0 Å². The van der Waals surface area contributed by atoms with E-state index >= 15 is 0 Å². The van der Waals surface area contributed by atoms with Crippen molar-refractivity contribution in [1.82, 2.24) is 0 Å². The summed E-state index contributed by atoms with van der Waals surface area (Å²) in [6.07, 6.45) is 12.1. The van der Waals surface area contributed by atoms with Gasteiger partial charge in [0.1, 0.15) is 6.10 Å². The molecule has 110 valence electrons. The van der Waals surface area contributed by atoms with Gasteiger partial charge < -0.3 is 9.16 Å². The first-order valence-electron chi connectivity index (χ1n) is 7.52. The Bertz CT molecular complexity index is 306. The van der Waals surface area contributed by atoms with Crippen molar-refractivity contribution in [2.45, 2.75) is 83.2 Å². The second kappa shape index (κ2) is 6.92. The van der Waals surface area contributed by atoms with E-state index in [0.29, 0.717) is 12.7 Å². The van der Waals surface area contributed by atoms with E-state index in [4.69, 9.17) is 15.6 Å². The van der Waals surface area contributed by atoms with Crippen molar-refractivity contribution in [3.63, 3.8) is 0 Å². The van der Waals surface area contributed by atoms with E-state index in [0.717, 1.165) is 0 Å². The molecule has 0 bridgehead atoms. The zero-order chi connectivity index (χ0) is 14.5. The topological polar surface area (TPSA) is 18.5 Å². The summed E-state index contributed by atoms with van der Waals surface area (Å²) in [5.74, 6) is 2.76. The normalized spacial score (nSPS) is 20.0. The number of terminal acetylenes is 1. The lowest BCUT2D eigenvalue weighted by Gasteiger charge is -2.38. The van der Waals surface area contributed by atoms with Crippen molar-refractivity contribution in [3.05, 3.63) is 0 Å². The SMILES string of the molecule is C#C[C@H](COC1CCCCC1)O[Si](C)(C)C(C)(C)C. The fourth-order valence-electron chi connectivity index (χ4n) is 2.10. The van der Waals surface area contributed by atoms with Crippen LogP contribution in [0.5, 0.6) is 0 Å². The monoisotopic (exact) mass is 282 g/mol. The molecule has 0 aromatic carbocycles. The van der Waals surface area contributed by atoms with Crippen molar-refractivity contribution in [2.24, 2.45) is 0 Å². The van der Waals surface area contributed by atoms with Crippen LogP contribution in [0.15, 0.2) is 0 Å². The van der Waals surface area contributed by atoms with Crippen molar-refractivity contribution in [1.29, 1.82) is 0 Å². The van der Waals surface area contributed by atoms with Crippen molar-refractivity contribution in [3.8, 4) is 12.3 Å².